The van der Waals surface area contributed by atoms with E-state index in [0.717, 1.165) is 17.4 Å². The number of ether oxygens (including phenoxy) is 1. The Morgan fingerprint density at radius 1 is 1.31 bits per heavy atom. The second kappa shape index (κ2) is 9.14. The van der Waals surface area contributed by atoms with E-state index in [1.807, 2.05) is 20.8 Å². The van der Waals surface area contributed by atoms with Crippen LogP contribution in [0, 0.1) is 5.82 Å². The van der Waals surface area contributed by atoms with Gasteiger partial charge in [0.05, 0.1) is 0 Å². The van der Waals surface area contributed by atoms with Gasteiger partial charge in [0.25, 0.3) is 0 Å². The van der Waals surface area contributed by atoms with Crippen LogP contribution in [-0.2, 0) is 11.2 Å². The van der Waals surface area contributed by atoms with E-state index < -0.39 is 11.7 Å². The zero-order valence-corrected chi connectivity index (χ0v) is 17.2. The third kappa shape index (κ3) is 6.77. The summed E-state index contributed by atoms with van der Waals surface area (Å²) in [5.41, 5.74) is -0.142. The number of aromatic nitrogens is 2. The summed E-state index contributed by atoms with van der Waals surface area (Å²) in [6.45, 7) is 7.56. The fourth-order valence-corrected chi connectivity index (χ4v) is 4.07. The summed E-state index contributed by atoms with van der Waals surface area (Å²) in [7, 11) is 0. The maximum atomic E-state index is 13.7. The van der Waals surface area contributed by atoms with Gasteiger partial charge in [-0.2, -0.15) is 0 Å². The first kappa shape index (κ1) is 20.4. The molecule has 0 aliphatic heterocycles. The minimum atomic E-state index is -0.532. The first-order valence-corrected chi connectivity index (χ1v) is 10.3. The average Bonchev–Trinajstić information content (AvgIpc) is 2.95. The van der Waals surface area contributed by atoms with Gasteiger partial charge in [-0.1, -0.05) is 0 Å². The molecule has 1 amide bonds. The summed E-state index contributed by atoms with van der Waals surface area (Å²) in [5, 5.41) is 14.2. The van der Waals surface area contributed by atoms with Crippen LogP contribution >= 0.6 is 0 Å². The topological polar surface area (TPSA) is 76.1 Å². The van der Waals surface area contributed by atoms with E-state index in [9.17, 15) is 9.18 Å². The van der Waals surface area contributed by atoms with E-state index in [1.54, 1.807) is 18.2 Å². The molecular formula is C18H25FN4O2Se. The Kier molecular flexibility index (Phi) is 7.17. The molecule has 0 fully saturated rings. The van der Waals surface area contributed by atoms with Crippen LogP contribution in [0.4, 0.5) is 19.6 Å². The SMILES string of the molecule is CCCC(Cc1nnc(Nc2ccccc2F)[se]1)NC(=O)OC(C)(C)C. The van der Waals surface area contributed by atoms with Crippen molar-refractivity contribution < 1.29 is 13.9 Å². The second-order valence-electron chi connectivity index (χ2n) is 6.94. The molecule has 2 N–H and O–H groups in total. The van der Waals surface area contributed by atoms with Crippen molar-refractivity contribution in [2.24, 2.45) is 0 Å². The van der Waals surface area contributed by atoms with Gasteiger partial charge in [0, 0.05) is 0 Å². The normalized spacial score (nSPS) is 12.5. The molecule has 2 rings (SSSR count). The van der Waals surface area contributed by atoms with Crippen LogP contribution in [0.3, 0.4) is 0 Å². The van der Waals surface area contributed by atoms with Gasteiger partial charge in [-0.15, -0.1) is 0 Å². The van der Waals surface area contributed by atoms with E-state index in [-0.39, 0.29) is 26.4 Å². The van der Waals surface area contributed by atoms with Crippen molar-refractivity contribution in [2.75, 3.05) is 5.32 Å². The van der Waals surface area contributed by atoms with Crippen molar-refractivity contribution in [3.05, 3.63) is 34.7 Å². The van der Waals surface area contributed by atoms with Gasteiger partial charge in [-0.05, 0) is 0 Å². The number of hydrogen-bond acceptors (Lipinski definition) is 5. The van der Waals surface area contributed by atoms with Crippen LogP contribution < -0.4 is 10.6 Å². The second-order valence-corrected chi connectivity index (χ2v) is 9.17. The zero-order valence-electron chi connectivity index (χ0n) is 15.5. The van der Waals surface area contributed by atoms with Crippen LogP contribution in [-0.4, -0.2) is 42.4 Å². The fourth-order valence-electron chi connectivity index (χ4n) is 2.32. The first-order chi connectivity index (χ1) is 12.3. The zero-order chi connectivity index (χ0) is 19.2. The number of alkyl carbamates (subject to hydrolysis) is 1. The molecule has 6 nitrogen and oxygen atoms in total. The van der Waals surface area contributed by atoms with Crippen molar-refractivity contribution in [2.45, 2.75) is 58.6 Å². The summed E-state index contributed by atoms with van der Waals surface area (Å²) in [6.07, 6.45) is 1.94. The van der Waals surface area contributed by atoms with Gasteiger partial charge in [0.1, 0.15) is 0 Å². The van der Waals surface area contributed by atoms with Gasteiger partial charge >= 0.3 is 159 Å². The summed E-state index contributed by atoms with van der Waals surface area (Å²) in [4.78, 5) is 12.0. The number of anilines is 2. The van der Waals surface area contributed by atoms with E-state index in [4.69, 9.17) is 4.74 Å². The Bertz CT molecular complexity index is 730. The standard InChI is InChI=1S/C18H25FN4O2Se/c1-5-8-12(20-17(24)25-18(2,3)4)11-15-22-23-16(26-15)21-14-10-7-6-9-13(14)19/h6-7,9-10,12H,5,8,11H2,1-4H3,(H,20,24)(H,21,23). The number of nitrogens with one attached hydrogen (secondary N) is 2. The number of carbonyl (C=O) groups excluding carboxylic acids is 1. The van der Waals surface area contributed by atoms with Gasteiger partial charge in [-0.3, -0.25) is 0 Å². The van der Waals surface area contributed by atoms with Crippen molar-refractivity contribution >= 4 is 31.0 Å². The molecule has 0 aliphatic rings. The summed E-state index contributed by atoms with van der Waals surface area (Å²) in [5.74, 6) is -0.324. The molecule has 0 radical (unpaired) electrons. The molecule has 1 atom stereocenters. The fraction of sp³-hybridized carbons (Fsp3) is 0.500. The molecule has 2 aromatic rings. The minimum absolute atomic E-state index is 0.0570. The quantitative estimate of drug-likeness (QED) is 0.660. The van der Waals surface area contributed by atoms with Crippen LogP contribution in [0.5, 0.6) is 0 Å². The number of rotatable bonds is 7. The van der Waals surface area contributed by atoms with Crippen molar-refractivity contribution in [3.63, 3.8) is 0 Å². The number of carbonyl (C=O) groups is 1. The van der Waals surface area contributed by atoms with Crippen LogP contribution in [0.25, 0.3) is 0 Å². The van der Waals surface area contributed by atoms with Crippen molar-refractivity contribution in [1.29, 1.82) is 0 Å². The van der Waals surface area contributed by atoms with Crippen molar-refractivity contribution in [3.8, 4) is 0 Å². The molecule has 142 valence electrons. The first-order valence-electron chi connectivity index (χ1n) is 8.60. The number of nitrogens with zero attached hydrogens (tertiary/aromatic N) is 2. The molecule has 26 heavy (non-hydrogen) atoms. The summed E-state index contributed by atoms with van der Waals surface area (Å²) in [6, 6.07) is 6.41. The predicted octanol–water partition coefficient (Wildman–Crippen LogP) is 3.65. The molecule has 1 heterocycles. The molecule has 8 heteroatoms. The molecule has 1 aromatic carbocycles. The maximum absolute atomic E-state index is 13.7. The molecular weight excluding hydrogens is 402 g/mol. The Hall–Kier alpha value is -1.92. The van der Waals surface area contributed by atoms with E-state index >= 15 is 0 Å². The Balaban J connectivity index is 1.98. The predicted molar refractivity (Wildman–Crippen MR) is 100 cm³/mol. The molecule has 0 spiro atoms. The summed E-state index contributed by atoms with van der Waals surface area (Å²) >= 11 is -0.121. The molecule has 0 bridgehead atoms. The van der Waals surface area contributed by atoms with Gasteiger partial charge in [0.15, 0.2) is 0 Å². The third-order valence-electron chi connectivity index (χ3n) is 3.36. The molecule has 0 saturated carbocycles. The number of amides is 1. The van der Waals surface area contributed by atoms with Crippen LogP contribution in [0.15, 0.2) is 24.3 Å². The Labute approximate surface area is 159 Å². The molecule has 0 saturated heterocycles. The summed E-state index contributed by atoms with van der Waals surface area (Å²) < 4.78 is 20.6. The van der Waals surface area contributed by atoms with Crippen LogP contribution in [0.1, 0.15) is 45.1 Å². The number of benzene rings is 1. The van der Waals surface area contributed by atoms with E-state index in [1.165, 1.54) is 6.07 Å². The number of hydrogen-bond donors (Lipinski definition) is 2. The van der Waals surface area contributed by atoms with E-state index in [0.29, 0.717) is 16.8 Å². The third-order valence-corrected chi connectivity index (χ3v) is 5.17. The van der Waals surface area contributed by atoms with Gasteiger partial charge < -0.3 is 0 Å². The van der Waals surface area contributed by atoms with Gasteiger partial charge in [-0.25, -0.2) is 0 Å². The Morgan fingerprint density at radius 3 is 2.69 bits per heavy atom. The van der Waals surface area contributed by atoms with Crippen LogP contribution in [0.2, 0.25) is 0 Å². The van der Waals surface area contributed by atoms with E-state index in [2.05, 4.69) is 27.8 Å². The average molecular weight is 427 g/mol. The van der Waals surface area contributed by atoms with Crippen molar-refractivity contribution in [1.82, 2.24) is 15.5 Å². The number of halogens is 1. The number of para-hydroxylation sites is 1. The monoisotopic (exact) mass is 428 g/mol. The molecule has 0 aliphatic carbocycles. The Morgan fingerprint density at radius 2 is 2.04 bits per heavy atom. The van der Waals surface area contributed by atoms with Gasteiger partial charge in [0.2, 0.25) is 0 Å². The molecule has 1 unspecified atom stereocenters. The molecule has 1 aromatic heterocycles.